The molecule has 5 heteroatoms. The highest BCUT2D eigenvalue weighted by Gasteiger charge is 2.23. The standard InChI is InChI=1S/C12H15NO3S/c1-9-2-3-11(14)10(8-9)12(15)13-4-6-17(16)7-5-13/h2-3,8,14H,4-7H2,1H3. The Labute approximate surface area is 103 Å². The summed E-state index contributed by atoms with van der Waals surface area (Å²) in [4.78, 5) is 13.8. The largest absolute Gasteiger partial charge is 0.507 e. The number of carbonyl (C=O) groups is 1. The first-order valence-corrected chi connectivity index (χ1v) is 7.00. The zero-order chi connectivity index (χ0) is 12.4. The van der Waals surface area contributed by atoms with Crippen LogP contribution in [0.1, 0.15) is 15.9 Å². The van der Waals surface area contributed by atoms with Gasteiger partial charge in [-0.25, -0.2) is 0 Å². The Balaban J connectivity index is 2.19. The van der Waals surface area contributed by atoms with Crippen LogP contribution in [0.25, 0.3) is 0 Å². The number of rotatable bonds is 1. The average molecular weight is 253 g/mol. The van der Waals surface area contributed by atoms with Crippen LogP contribution >= 0.6 is 0 Å². The second-order valence-corrected chi connectivity index (χ2v) is 5.86. The van der Waals surface area contributed by atoms with E-state index in [1.165, 1.54) is 6.07 Å². The summed E-state index contributed by atoms with van der Waals surface area (Å²) < 4.78 is 11.2. The Kier molecular flexibility index (Phi) is 3.47. The molecule has 1 heterocycles. The first kappa shape index (κ1) is 12.1. The SMILES string of the molecule is Cc1ccc(O)c(C(=O)N2CCS(=O)CC2)c1. The molecule has 92 valence electrons. The van der Waals surface area contributed by atoms with Gasteiger partial charge in [0.05, 0.1) is 5.56 Å². The van der Waals surface area contributed by atoms with E-state index in [1.54, 1.807) is 17.0 Å². The lowest BCUT2D eigenvalue weighted by Gasteiger charge is -2.26. The van der Waals surface area contributed by atoms with Crippen molar-refractivity contribution in [1.29, 1.82) is 0 Å². The van der Waals surface area contributed by atoms with Gasteiger partial charge in [-0.2, -0.15) is 0 Å². The third kappa shape index (κ3) is 2.66. The van der Waals surface area contributed by atoms with Gasteiger partial charge in [-0.15, -0.1) is 0 Å². The van der Waals surface area contributed by atoms with Crippen molar-refractivity contribution in [2.24, 2.45) is 0 Å². The fourth-order valence-electron chi connectivity index (χ4n) is 1.83. The molecule has 1 aromatic rings. The number of phenols is 1. The monoisotopic (exact) mass is 253 g/mol. The van der Waals surface area contributed by atoms with Crippen molar-refractivity contribution in [3.8, 4) is 5.75 Å². The molecule has 0 bridgehead atoms. The summed E-state index contributed by atoms with van der Waals surface area (Å²) in [5, 5.41) is 9.68. The van der Waals surface area contributed by atoms with E-state index in [0.717, 1.165) is 5.56 Å². The second-order valence-electron chi connectivity index (χ2n) is 4.16. The van der Waals surface area contributed by atoms with Crippen molar-refractivity contribution in [2.75, 3.05) is 24.6 Å². The van der Waals surface area contributed by atoms with E-state index in [4.69, 9.17) is 0 Å². The molecule has 0 unspecified atom stereocenters. The fraction of sp³-hybridized carbons (Fsp3) is 0.417. The van der Waals surface area contributed by atoms with E-state index in [1.807, 2.05) is 6.92 Å². The molecule has 0 saturated carbocycles. The number of aromatic hydroxyl groups is 1. The molecule has 1 N–H and O–H groups in total. The lowest BCUT2D eigenvalue weighted by Crippen LogP contribution is -2.41. The molecule has 1 aromatic carbocycles. The van der Waals surface area contributed by atoms with Crippen molar-refractivity contribution in [3.05, 3.63) is 29.3 Å². The van der Waals surface area contributed by atoms with Gasteiger partial charge in [0, 0.05) is 35.4 Å². The summed E-state index contributed by atoms with van der Waals surface area (Å²) in [5.41, 5.74) is 1.27. The van der Waals surface area contributed by atoms with Gasteiger partial charge < -0.3 is 10.0 Å². The highest BCUT2D eigenvalue weighted by atomic mass is 32.2. The average Bonchev–Trinajstić information content (AvgIpc) is 2.32. The molecule has 0 aliphatic carbocycles. The summed E-state index contributed by atoms with van der Waals surface area (Å²) in [6.45, 7) is 2.87. The summed E-state index contributed by atoms with van der Waals surface area (Å²) in [7, 11) is -0.800. The van der Waals surface area contributed by atoms with Crippen LogP contribution in [0.5, 0.6) is 5.75 Å². The number of amides is 1. The number of benzene rings is 1. The van der Waals surface area contributed by atoms with E-state index < -0.39 is 10.8 Å². The van der Waals surface area contributed by atoms with Crippen LogP contribution in [0.3, 0.4) is 0 Å². The van der Waals surface area contributed by atoms with Crippen LogP contribution in [0.4, 0.5) is 0 Å². The van der Waals surface area contributed by atoms with E-state index in [0.29, 0.717) is 30.2 Å². The lowest BCUT2D eigenvalue weighted by molar-refractivity contribution is 0.0768. The van der Waals surface area contributed by atoms with E-state index in [9.17, 15) is 14.1 Å². The topological polar surface area (TPSA) is 57.6 Å². The molecule has 1 aliphatic rings. The normalized spacial score (nSPS) is 17.1. The first-order valence-electron chi connectivity index (χ1n) is 5.52. The van der Waals surface area contributed by atoms with E-state index in [-0.39, 0.29) is 11.7 Å². The minimum absolute atomic E-state index is 0.00676. The Bertz CT molecular complexity index is 463. The lowest BCUT2D eigenvalue weighted by atomic mass is 10.1. The highest BCUT2D eigenvalue weighted by molar-refractivity contribution is 7.85. The first-order chi connectivity index (χ1) is 8.08. The number of hydrogen-bond acceptors (Lipinski definition) is 3. The molecule has 0 aromatic heterocycles. The maximum Gasteiger partial charge on any atom is 0.257 e. The van der Waals surface area contributed by atoms with Crippen LogP contribution in [-0.2, 0) is 10.8 Å². The van der Waals surface area contributed by atoms with Crippen molar-refractivity contribution < 1.29 is 14.1 Å². The molecule has 1 saturated heterocycles. The quantitative estimate of drug-likeness (QED) is 0.809. The van der Waals surface area contributed by atoms with Gasteiger partial charge in [0.2, 0.25) is 0 Å². The Morgan fingerprint density at radius 2 is 2.00 bits per heavy atom. The molecule has 2 rings (SSSR count). The Morgan fingerprint density at radius 1 is 1.35 bits per heavy atom. The number of phenolic OH excluding ortho intramolecular Hbond substituents is 1. The van der Waals surface area contributed by atoms with Crippen LogP contribution in [0, 0.1) is 6.92 Å². The minimum atomic E-state index is -0.800. The van der Waals surface area contributed by atoms with Gasteiger partial charge in [-0.1, -0.05) is 11.6 Å². The van der Waals surface area contributed by atoms with Crippen LogP contribution < -0.4 is 0 Å². The number of nitrogens with zero attached hydrogens (tertiary/aromatic N) is 1. The molecule has 1 amide bonds. The molecule has 0 radical (unpaired) electrons. The van der Waals surface area contributed by atoms with Crippen molar-refractivity contribution >= 4 is 16.7 Å². The second kappa shape index (κ2) is 4.87. The molecule has 0 atom stereocenters. The highest BCUT2D eigenvalue weighted by Crippen LogP contribution is 2.20. The molecular formula is C12H15NO3S. The minimum Gasteiger partial charge on any atom is -0.507 e. The van der Waals surface area contributed by atoms with E-state index >= 15 is 0 Å². The molecule has 1 aliphatic heterocycles. The Hall–Kier alpha value is -1.36. The smallest absolute Gasteiger partial charge is 0.257 e. The molecule has 4 nitrogen and oxygen atoms in total. The summed E-state index contributed by atoms with van der Waals surface area (Å²) in [6.07, 6.45) is 0. The van der Waals surface area contributed by atoms with Crippen molar-refractivity contribution in [2.45, 2.75) is 6.92 Å². The summed E-state index contributed by atoms with van der Waals surface area (Å²) >= 11 is 0. The van der Waals surface area contributed by atoms with Gasteiger partial charge in [-0.05, 0) is 19.1 Å². The molecule has 0 spiro atoms. The molecular weight excluding hydrogens is 238 g/mol. The number of hydrogen-bond donors (Lipinski definition) is 1. The zero-order valence-electron chi connectivity index (χ0n) is 9.68. The van der Waals surface area contributed by atoms with Gasteiger partial charge in [-0.3, -0.25) is 9.00 Å². The third-order valence-electron chi connectivity index (χ3n) is 2.85. The van der Waals surface area contributed by atoms with Gasteiger partial charge >= 0.3 is 0 Å². The third-order valence-corrected chi connectivity index (χ3v) is 4.12. The van der Waals surface area contributed by atoms with Gasteiger partial charge in [0.15, 0.2) is 0 Å². The zero-order valence-corrected chi connectivity index (χ0v) is 10.5. The van der Waals surface area contributed by atoms with Crippen molar-refractivity contribution in [1.82, 2.24) is 4.90 Å². The summed E-state index contributed by atoms with van der Waals surface area (Å²) in [5.74, 6) is 0.881. The van der Waals surface area contributed by atoms with E-state index in [2.05, 4.69) is 0 Å². The molecule has 17 heavy (non-hydrogen) atoms. The number of carbonyl (C=O) groups excluding carboxylic acids is 1. The van der Waals surface area contributed by atoms with Crippen LogP contribution in [-0.4, -0.2) is 44.7 Å². The van der Waals surface area contributed by atoms with Gasteiger partial charge in [0.25, 0.3) is 5.91 Å². The summed E-state index contributed by atoms with van der Waals surface area (Å²) in [6, 6.07) is 4.98. The predicted octanol–water partition coefficient (Wildman–Crippen LogP) is 0.905. The van der Waals surface area contributed by atoms with Gasteiger partial charge in [0.1, 0.15) is 5.75 Å². The predicted molar refractivity (Wildman–Crippen MR) is 66.6 cm³/mol. The maximum atomic E-state index is 12.1. The van der Waals surface area contributed by atoms with Crippen LogP contribution in [0.2, 0.25) is 0 Å². The van der Waals surface area contributed by atoms with Crippen LogP contribution in [0.15, 0.2) is 18.2 Å². The number of aryl methyl sites for hydroxylation is 1. The van der Waals surface area contributed by atoms with Crippen molar-refractivity contribution in [3.63, 3.8) is 0 Å². The maximum absolute atomic E-state index is 12.1. The fourth-order valence-corrected chi connectivity index (χ4v) is 2.88. The Morgan fingerprint density at radius 3 is 2.65 bits per heavy atom. The molecule has 1 fully saturated rings.